The van der Waals surface area contributed by atoms with Gasteiger partial charge in [-0.2, -0.15) is 13.2 Å². The fraction of sp³-hybridized carbons (Fsp3) is 0.250. The largest absolute Gasteiger partial charge is 0.431 e. The van der Waals surface area contributed by atoms with Gasteiger partial charge in [-0.15, -0.1) is 0 Å². The predicted octanol–water partition coefficient (Wildman–Crippen LogP) is 2.88. The molecule has 0 aliphatic carbocycles. The zero-order chi connectivity index (χ0) is 13.1. The molecule has 0 amide bonds. The van der Waals surface area contributed by atoms with Crippen molar-refractivity contribution in [3.05, 3.63) is 47.7 Å². The predicted molar refractivity (Wildman–Crippen MR) is 58.6 cm³/mol. The molecular formula is C12H12F3NO. The Labute approximate surface area is 97.3 Å². The molecule has 1 rings (SSSR count). The van der Waals surface area contributed by atoms with E-state index in [0.29, 0.717) is 6.08 Å². The molecule has 1 aromatic rings. The number of nitrogens with zero attached hydrogens (tertiary/aromatic N) is 1. The molecule has 0 aromatic heterocycles. The molecule has 0 aliphatic rings. The quantitative estimate of drug-likeness (QED) is 0.601. The summed E-state index contributed by atoms with van der Waals surface area (Å²) < 4.78 is 37.8. The van der Waals surface area contributed by atoms with Crippen molar-refractivity contribution in [2.75, 3.05) is 14.1 Å². The van der Waals surface area contributed by atoms with Crippen LogP contribution in [-0.4, -0.2) is 31.0 Å². The summed E-state index contributed by atoms with van der Waals surface area (Å²) in [5.41, 5.74) is -0.734. The van der Waals surface area contributed by atoms with Crippen LogP contribution >= 0.6 is 0 Å². The third kappa shape index (κ3) is 3.62. The SMILES string of the molecule is CN(C)/C(=C\C(=O)c1ccccc1)C(F)(F)F. The number of carbonyl (C=O) groups excluding carboxylic acids is 1. The lowest BCUT2D eigenvalue weighted by Crippen LogP contribution is -2.26. The van der Waals surface area contributed by atoms with Gasteiger partial charge in [0.25, 0.3) is 0 Å². The highest BCUT2D eigenvalue weighted by Crippen LogP contribution is 2.27. The Morgan fingerprint density at radius 2 is 1.71 bits per heavy atom. The van der Waals surface area contributed by atoms with Crippen LogP contribution in [0.1, 0.15) is 10.4 Å². The van der Waals surface area contributed by atoms with Gasteiger partial charge in [0.15, 0.2) is 5.78 Å². The van der Waals surface area contributed by atoms with E-state index in [-0.39, 0.29) is 5.56 Å². The molecule has 0 atom stereocenters. The van der Waals surface area contributed by atoms with E-state index in [1.54, 1.807) is 18.2 Å². The Bertz CT molecular complexity index is 421. The molecule has 2 nitrogen and oxygen atoms in total. The van der Waals surface area contributed by atoms with Crippen molar-refractivity contribution in [2.24, 2.45) is 0 Å². The summed E-state index contributed by atoms with van der Waals surface area (Å²) in [6.07, 6.45) is -3.93. The number of benzene rings is 1. The molecular weight excluding hydrogens is 231 g/mol. The van der Waals surface area contributed by atoms with E-state index in [0.717, 1.165) is 4.90 Å². The number of hydrogen-bond acceptors (Lipinski definition) is 2. The summed E-state index contributed by atoms with van der Waals surface area (Å²) >= 11 is 0. The van der Waals surface area contributed by atoms with Gasteiger partial charge in [0.05, 0.1) is 0 Å². The lowest BCUT2D eigenvalue weighted by atomic mass is 10.1. The molecule has 0 spiro atoms. The van der Waals surface area contributed by atoms with Gasteiger partial charge in [0, 0.05) is 25.7 Å². The third-order valence-electron chi connectivity index (χ3n) is 2.10. The van der Waals surface area contributed by atoms with Gasteiger partial charge in [-0.05, 0) is 0 Å². The van der Waals surface area contributed by atoms with Crippen molar-refractivity contribution in [3.63, 3.8) is 0 Å². The Morgan fingerprint density at radius 3 is 2.12 bits per heavy atom. The highest BCUT2D eigenvalue weighted by atomic mass is 19.4. The van der Waals surface area contributed by atoms with Crippen LogP contribution in [0.15, 0.2) is 42.1 Å². The molecule has 0 saturated heterocycles. The molecule has 0 saturated carbocycles. The Balaban J connectivity index is 3.05. The van der Waals surface area contributed by atoms with E-state index < -0.39 is 17.7 Å². The van der Waals surface area contributed by atoms with E-state index in [2.05, 4.69) is 0 Å². The van der Waals surface area contributed by atoms with E-state index >= 15 is 0 Å². The molecule has 5 heteroatoms. The smallest absolute Gasteiger partial charge is 0.374 e. The molecule has 0 radical (unpaired) electrons. The molecule has 0 aliphatic heterocycles. The number of ketones is 1. The van der Waals surface area contributed by atoms with E-state index in [9.17, 15) is 18.0 Å². The van der Waals surface area contributed by atoms with Gasteiger partial charge in [0.2, 0.25) is 0 Å². The maximum Gasteiger partial charge on any atom is 0.431 e. The molecule has 1 aromatic carbocycles. The minimum atomic E-state index is -4.53. The standard InChI is InChI=1S/C12H12F3NO/c1-16(2)11(12(13,14)15)8-10(17)9-6-4-3-5-7-9/h3-8H,1-2H3/b11-8-. The summed E-state index contributed by atoms with van der Waals surface area (Å²) in [4.78, 5) is 12.5. The van der Waals surface area contributed by atoms with Crippen molar-refractivity contribution < 1.29 is 18.0 Å². The van der Waals surface area contributed by atoms with Crippen molar-refractivity contribution in [1.29, 1.82) is 0 Å². The third-order valence-corrected chi connectivity index (χ3v) is 2.10. The summed E-state index contributed by atoms with van der Waals surface area (Å²) in [5, 5.41) is 0. The van der Waals surface area contributed by atoms with Gasteiger partial charge in [0.1, 0.15) is 5.70 Å². The van der Waals surface area contributed by atoms with Crippen LogP contribution in [-0.2, 0) is 0 Å². The molecule has 0 unspecified atom stereocenters. The number of alkyl halides is 3. The normalized spacial score (nSPS) is 12.4. The first-order valence-corrected chi connectivity index (χ1v) is 4.88. The lowest BCUT2D eigenvalue weighted by Gasteiger charge is -2.19. The fourth-order valence-corrected chi connectivity index (χ4v) is 1.27. The zero-order valence-electron chi connectivity index (χ0n) is 9.45. The first-order valence-electron chi connectivity index (χ1n) is 4.88. The van der Waals surface area contributed by atoms with Crippen LogP contribution < -0.4 is 0 Å². The highest BCUT2D eigenvalue weighted by Gasteiger charge is 2.35. The van der Waals surface area contributed by atoms with Crippen molar-refractivity contribution >= 4 is 5.78 Å². The first-order chi connectivity index (χ1) is 7.82. The average Bonchev–Trinajstić information content (AvgIpc) is 2.24. The highest BCUT2D eigenvalue weighted by molar-refractivity contribution is 6.04. The number of hydrogen-bond donors (Lipinski definition) is 0. The Hall–Kier alpha value is -1.78. The minimum Gasteiger partial charge on any atom is -0.374 e. The summed E-state index contributed by atoms with van der Waals surface area (Å²) in [7, 11) is 2.50. The van der Waals surface area contributed by atoms with Crippen molar-refractivity contribution in [1.82, 2.24) is 4.90 Å². The van der Waals surface area contributed by atoms with Crippen LogP contribution in [0.2, 0.25) is 0 Å². The maximum absolute atomic E-state index is 12.6. The Kier molecular flexibility index (Phi) is 3.93. The molecule has 17 heavy (non-hydrogen) atoms. The van der Waals surface area contributed by atoms with E-state index in [4.69, 9.17) is 0 Å². The molecule has 0 N–H and O–H groups in total. The zero-order valence-corrected chi connectivity index (χ0v) is 9.45. The Morgan fingerprint density at radius 1 is 1.18 bits per heavy atom. The topological polar surface area (TPSA) is 20.3 Å². The van der Waals surface area contributed by atoms with E-state index in [1.165, 1.54) is 26.2 Å². The van der Waals surface area contributed by atoms with Crippen molar-refractivity contribution in [3.8, 4) is 0 Å². The number of rotatable bonds is 3. The molecule has 0 fully saturated rings. The van der Waals surface area contributed by atoms with Crippen LogP contribution in [0.3, 0.4) is 0 Å². The second-order valence-electron chi connectivity index (χ2n) is 3.65. The summed E-state index contributed by atoms with van der Waals surface area (Å²) in [6, 6.07) is 7.84. The second-order valence-corrected chi connectivity index (χ2v) is 3.65. The maximum atomic E-state index is 12.6. The van der Waals surface area contributed by atoms with Crippen LogP contribution in [0.5, 0.6) is 0 Å². The summed E-state index contributed by atoms with van der Waals surface area (Å²) in [6.45, 7) is 0. The van der Waals surface area contributed by atoms with Gasteiger partial charge in [-0.25, -0.2) is 0 Å². The fourth-order valence-electron chi connectivity index (χ4n) is 1.27. The van der Waals surface area contributed by atoms with Gasteiger partial charge in [-0.1, -0.05) is 30.3 Å². The van der Waals surface area contributed by atoms with Crippen LogP contribution in [0.25, 0.3) is 0 Å². The summed E-state index contributed by atoms with van der Waals surface area (Å²) in [5.74, 6) is -0.661. The lowest BCUT2D eigenvalue weighted by molar-refractivity contribution is -0.107. The average molecular weight is 243 g/mol. The van der Waals surface area contributed by atoms with Gasteiger partial charge < -0.3 is 4.90 Å². The minimum absolute atomic E-state index is 0.233. The van der Waals surface area contributed by atoms with Crippen molar-refractivity contribution in [2.45, 2.75) is 6.18 Å². The van der Waals surface area contributed by atoms with E-state index in [1.807, 2.05) is 0 Å². The second kappa shape index (κ2) is 5.03. The molecule has 92 valence electrons. The van der Waals surface area contributed by atoms with Gasteiger partial charge in [-0.3, -0.25) is 4.79 Å². The molecule has 0 heterocycles. The van der Waals surface area contributed by atoms with Crippen LogP contribution in [0.4, 0.5) is 13.2 Å². The number of halogens is 3. The monoisotopic (exact) mass is 243 g/mol. The number of carbonyl (C=O) groups is 1. The van der Waals surface area contributed by atoms with Crippen LogP contribution in [0, 0.1) is 0 Å². The first kappa shape index (κ1) is 13.3. The van der Waals surface area contributed by atoms with Gasteiger partial charge >= 0.3 is 6.18 Å². The molecule has 0 bridgehead atoms. The number of allylic oxidation sites excluding steroid dienone is 2.